The molecule has 1 fully saturated rings. The summed E-state index contributed by atoms with van der Waals surface area (Å²) in [5.74, 6) is 3.70. The van der Waals surface area contributed by atoms with Gasteiger partial charge in [-0.25, -0.2) is 0 Å². The van der Waals surface area contributed by atoms with E-state index in [2.05, 4.69) is 12.2 Å². The Bertz CT molecular complexity index is 2930. The number of hydrogen-bond donors (Lipinski definition) is 2. The SMILES string of the molecule is CCC1(C(=O)C(N)CCSSCCNC(=O)CCCCOc2cc(COc3cc4c(cc3OC)C(=O)N3c5ccccc5CC3C=N4)cc(COc3cc4c(cc3OC)C(=O)N3c5ccccc5CC3C=N4)c2)CCCC1. The Morgan fingerprint density at radius 1 is 0.714 bits per heavy atom. The van der Waals surface area contributed by atoms with E-state index in [-0.39, 0.29) is 54.2 Å². The van der Waals surface area contributed by atoms with Gasteiger partial charge >= 0.3 is 0 Å². The topological polar surface area (TPSA) is 184 Å². The Morgan fingerprint density at radius 3 is 1.81 bits per heavy atom. The van der Waals surface area contributed by atoms with Crippen LogP contribution >= 0.6 is 21.6 Å². The van der Waals surface area contributed by atoms with Crippen molar-refractivity contribution < 1.29 is 42.9 Å². The normalized spacial score (nSPS) is 17.8. The number of Topliss-reactive ketones (excluding diaryl/α,β-unsaturated/α-hetero) is 1. The molecule has 3 N–H and O–H groups in total. The molecule has 1 saturated carbocycles. The average molecular weight is 1080 g/mol. The molecule has 0 radical (unpaired) electrons. The highest BCUT2D eigenvalue weighted by Gasteiger charge is 2.42. The zero-order valence-corrected chi connectivity index (χ0v) is 45.6. The van der Waals surface area contributed by atoms with Gasteiger partial charge in [0.1, 0.15) is 19.0 Å². The van der Waals surface area contributed by atoms with Crippen molar-refractivity contribution in [2.75, 3.05) is 48.7 Å². The molecule has 77 heavy (non-hydrogen) atoms. The number of ether oxygens (including phenoxy) is 5. The lowest BCUT2D eigenvalue weighted by molar-refractivity contribution is -0.130. The molecule has 1 aliphatic carbocycles. The molecule has 0 saturated heterocycles. The molecule has 0 bridgehead atoms. The number of nitrogens with zero attached hydrogens (tertiary/aromatic N) is 4. The van der Waals surface area contributed by atoms with Gasteiger partial charge in [0.25, 0.3) is 11.8 Å². The van der Waals surface area contributed by atoms with Crippen LogP contribution in [-0.2, 0) is 35.6 Å². The second kappa shape index (κ2) is 24.2. The summed E-state index contributed by atoms with van der Waals surface area (Å²) in [7, 11) is 6.47. The highest BCUT2D eigenvalue weighted by molar-refractivity contribution is 8.76. The fourth-order valence-electron chi connectivity index (χ4n) is 11.2. The van der Waals surface area contributed by atoms with Crippen LogP contribution in [0.4, 0.5) is 22.7 Å². The van der Waals surface area contributed by atoms with Crippen molar-refractivity contribution in [3.8, 4) is 28.7 Å². The van der Waals surface area contributed by atoms with Gasteiger partial charge in [0.05, 0.1) is 61.5 Å². The summed E-state index contributed by atoms with van der Waals surface area (Å²) in [6.07, 6.45) is 12.4. The van der Waals surface area contributed by atoms with Crippen molar-refractivity contribution in [2.45, 2.75) is 109 Å². The Morgan fingerprint density at radius 2 is 1.26 bits per heavy atom. The van der Waals surface area contributed by atoms with Gasteiger partial charge in [0.15, 0.2) is 28.8 Å². The Balaban J connectivity index is 0.772. The lowest BCUT2D eigenvalue weighted by Gasteiger charge is -2.28. The highest BCUT2D eigenvalue weighted by atomic mass is 33.1. The zero-order valence-electron chi connectivity index (χ0n) is 43.9. The number of hydrogen-bond acceptors (Lipinski definition) is 14. The van der Waals surface area contributed by atoms with Crippen LogP contribution in [0.2, 0.25) is 0 Å². The maximum absolute atomic E-state index is 14.1. The van der Waals surface area contributed by atoms with E-state index in [1.54, 1.807) is 69.9 Å². The third-order valence-corrected chi connectivity index (χ3v) is 17.8. The third-order valence-electron chi connectivity index (χ3n) is 15.3. The van der Waals surface area contributed by atoms with Crippen LogP contribution in [0.3, 0.4) is 0 Å². The van der Waals surface area contributed by atoms with Gasteiger partial charge in [0.2, 0.25) is 5.91 Å². The number of carbonyl (C=O) groups is 4. The smallest absolute Gasteiger partial charge is 0.261 e. The number of ketones is 1. The summed E-state index contributed by atoms with van der Waals surface area (Å²) in [6.45, 7) is 3.26. The Labute approximate surface area is 458 Å². The number of benzene rings is 5. The number of nitrogens with two attached hydrogens (primary N) is 1. The van der Waals surface area contributed by atoms with Crippen molar-refractivity contribution in [3.63, 3.8) is 0 Å². The third kappa shape index (κ3) is 11.7. The van der Waals surface area contributed by atoms with E-state index in [1.165, 1.54) is 0 Å². The van der Waals surface area contributed by atoms with Crippen molar-refractivity contribution >= 4 is 80.3 Å². The molecule has 3 unspecified atom stereocenters. The molecular formula is C60H66N6O9S2. The Kier molecular flexibility index (Phi) is 16.9. The van der Waals surface area contributed by atoms with Crippen LogP contribution < -0.4 is 44.5 Å². The molecule has 402 valence electrons. The molecule has 5 aromatic rings. The number of amides is 3. The van der Waals surface area contributed by atoms with E-state index in [0.717, 1.165) is 77.2 Å². The first-order valence-electron chi connectivity index (χ1n) is 26.7. The number of para-hydroxylation sites is 2. The molecular weight excluding hydrogens is 1010 g/mol. The van der Waals surface area contributed by atoms with Gasteiger partial charge < -0.3 is 34.7 Å². The van der Waals surface area contributed by atoms with Crippen LogP contribution in [0.25, 0.3) is 0 Å². The van der Waals surface area contributed by atoms with Crippen molar-refractivity contribution in [3.05, 3.63) is 124 Å². The van der Waals surface area contributed by atoms with Gasteiger partial charge in [-0.15, -0.1) is 0 Å². The maximum atomic E-state index is 14.1. The molecule has 17 heteroatoms. The highest BCUT2D eigenvalue weighted by Crippen LogP contribution is 2.45. The van der Waals surface area contributed by atoms with Gasteiger partial charge in [-0.3, -0.25) is 39.0 Å². The van der Waals surface area contributed by atoms with Crippen molar-refractivity contribution in [2.24, 2.45) is 21.1 Å². The number of rotatable bonds is 24. The van der Waals surface area contributed by atoms with Crippen LogP contribution in [0.1, 0.15) is 108 Å². The van der Waals surface area contributed by atoms with E-state index in [1.807, 2.05) is 79.2 Å². The van der Waals surface area contributed by atoms with Gasteiger partial charge in [-0.1, -0.05) is 77.8 Å². The Hall–Kier alpha value is -6.82. The minimum Gasteiger partial charge on any atom is -0.494 e. The van der Waals surface area contributed by atoms with Crippen LogP contribution in [0, 0.1) is 5.41 Å². The first-order chi connectivity index (χ1) is 37.6. The van der Waals surface area contributed by atoms with E-state index in [4.69, 9.17) is 39.4 Å². The molecule has 5 aromatic carbocycles. The van der Waals surface area contributed by atoms with Crippen molar-refractivity contribution in [1.29, 1.82) is 0 Å². The summed E-state index contributed by atoms with van der Waals surface area (Å²) >= 11 is 0. The molecule has 0 spiro atoms. The zero-order chi connectivity index (χ0) is 53.5. The summed E-state index contributed by atoms with van der Waals surface area (Å²) in [6, 6.07) is 27.7. The number of unbranched alkanes of at least 4 members (excludes halogenated alkanes) is 1. The quantitative estimate of drug-likeness (QED) is 0.0441. The number of carbonyl (C=O) groups excluding carboxylic acids is 4. The second-order valence-corrected chi connectivity index (χ2v) is 22.9. The number of fused-ring (bicyclic) bond motifs is 8. The lowest BCUT2D eigenvalue weighted by Crippen LogP contribution is -2.42. The minimum atomic E-state index is -0.409. The summed E-state index contributed by atoms with van der Waals surface area (Å²) < 4.78 is 30.9. The predicted octanol–water partition coefficient (Wildman–Crippen LogP) is 10.7. The van der Waals surface area contributed by atoms with E-state index in [9.17, 15) is 19.2 Å². The minimum absolute atomic E-state index is 0.00816. The fourth-order valence-corrected chi connectivity index (χ4v) is 13.2. The molecule has 4 heterocycles. The molecule has 10 rings (SSSR count). The average Bonchev–Trinajstić information content (AvgIpc) is 4.17. The molecule has 5 aliphatic rings. The molecule has 15 nitrogen and oxygen atoms in total. The summed E-state index contributed by atoms with van der Waals surface area (Å²) in [5.41, 5.74) is 13.5. The predicted molar refractivity (Wildman–Crippen MR) is 305 cm³/mol. The van der Waals surface area contributed by atoms with Gasteiger partial charge in [0, 0.05) is 78.7 Å². The first kappa shape index (κ1) is 53.6. The standard InChI is InChI=1S/C60H66N6O9S2/c1-4-60(19-10-11-20-60)57(68)47(61)18-23-76-77-24-21-62-56(67)17-9-12-22-73-44-26-38(36-74-54-32-48-45(30-52(54)71-2)58(69)65-42(34-63-48)28-40-13-5-7-15-50(40)65)25-39(27-44)37-75-55-33-49-46(31-53(55)72-3)59(70)66-43(35-64-49)29-41-14-6-8-16-51(41)66/h5-8,13-16,25-27,30-35,42-43,47H,4,9-12,17-24,28-29,36-37,61H2,1-3H3,(H,62,67). The van der Waals surface area contributed by atoms with Crippen LogP contribution in [-0.4, -0.2) is 92.9 Å². The van der Waals surface area contributed by atoms with E-state index in [0.29, 0.717) is 103 Å². The monoisotopic (exact) mass is 1080 g/mol. The van der Waals surface area contributed by atoms with E-state index >= 15 is 0 Å². The number of anilines is 2. The number of aliphatic imine (C=N–C) groups is 2. The van der Waals surface area contributed by atoms with Gasteiger partial charge in [-0.05, 0) is 103 Å². The first-order valence-corrected chi connectivity index (χ1v) is 29.2. The molecule has 3 atom stereocenters. The molecule has 4 aliphatic heterocycles. The van der Waals surface area contributed by atoms with Crippen molar-refractivity contribution in [1.82, 2.24) is 5.32 Å². The largest absolute Gasteiger partial charge is 0.494 e. The second-order valence-electron chi connectivity index (χ2n) is 20.2. The maximum Gasteiger partial charge on any atom is 0.261 e. The van der Waals surface area contributed by atoms with Gasteiger partial charge in [-0.2, -0.15) is 0 Å². The molecule has 0 aromatic heterocycles. The number of methoxy groups -OCH3 is 2. The summed E-state index contributed by atoms with van der Waals surface area (Å²) in [5, 5.41) is 3.02. The fraction of sp³-hybridized carbons (Fsp3) is 0.400. The lowest BCUT2D eigenvalue weighted by atomic mass is 9.76. The summed E-state index contributed by atoms with van der Waals surface area (Å²) in [4.78, 5) is 67.2. The van der Waals surface area contributed by atoms with Crippen LogP contribution in [0.15, 0.2) is 101 Å². The van der Waals surface area contributed by atoms with E-state index < -0.39 is 6.04 Å². The van der Waals surface area contributed by atoms with Crippen LogP contribution in [0.5, 0.6) is 28.7 Å². The molecule has 3 amide bonds. The number of nitrogens with one attached hydrogen (secondary N) is 1.